The van der Waals surface area contributed by atoms with E-state index >= 15 is 0 Å². The van der Waals surface area contributed by atoms with Crippen LogP contribution in [-0.4, -0.2) is 30.3 Å². The zero-order valence-corrected chi connectivity index (χ0v) is 10.2. The van der Waals surface area contributed by atoms with Gasteiger partial charge in [-0.05, 0) is 17.7 Å². The molecule has 0 radical (unpaired) electrons. The number of hydrogen-bond donors (Lipinski definition) is 3. The third-order valence-electron chi connectivity index (χ3n) is 2.73. The molecule has 6 nitrogen and oxygen atoms in total. The maximum absolute atomic E-state index is 11.2. The molecular formula is C12H16N2O4. The van der Waals surface area contributed by atoms with Gasteiger partial charge in [-0.25, -0.2) is 4.79 Å². The largest absolute Gasteiger partial charge is 0.497 e. The summed E-state index contributed by atoms with van der Waals surface area (Å²) >= 11 is 0. The number of carbonyl (C=O) groups is 2. The number of carboxylic acid groups (broad SMARTS) is 1. The van der Waals surface area contributed by atoms with E-state index in [2.05, 4.69) is 5.32 Å². The highest BCUT2D eigenvalue weighted by Gasteiger charge is 2.25. The molecule has 0 saturated carbocycles. The minimum atomic E-state index is -1.28. The average molecular weight is 252 g/mol. The standard InChI is InChI=1S/C12H16N2O4/c1-7(10(11(13)15)14-12(16)17)8-3-5-9(18-2)6-4-8/h3-7,10,14H,1-2H3,(H2,13,15)(H,16,17). The van der Waals surface area contributed by atoms with Crippen LogP contribution in [0.1, 0.15) is 18.4 Å². The first-order valence-corrected chi connectivity index (χ1v) is 5.38. The van der Waals surface area contributed by atoms with Crippen molar-refractivity contribution in [2.75, 3.05) is 7.11 Å². The third-order valence-corrected chi connectivity index (χ3v) is 2.73. The summed E-state index contributed by atoms with van der Waals surface area (Å²) in [5, 5.41) is 10.8. The first-order valence-electron chi connectivity index (χ1n) is 5.38. The van der Waals surface area contributed by atoms with Crippen molar-refractivity contribution in [3.05, 3.63) is 29.8 Å². The minimum absolute atomic E-state index is 0.357. The van der Waals surface area contributed by atoms with Crippen LogP contribution in [0.5, 0.6) is 5.75 Å². The van der Waals surface area contributed by atoms with Gasteiger partial charge in [0, 0.05) is 5.92 Å². The van der Waals surface area contributed by atoms with E-state index in [4.69, 9.17) is 15.6 Å². The van der Waals surface area contributed by atoms with Crippen LogP contribution in [0.15, 0.2) is 24.3 Å². The first-order chi connectivity index (χ1) is 8.45. The minimum Gasteiger partial charge on any atom is -0.497 e. The second-order valence-electron chi connectivity index (χ2n) is 3.89. The SMILES string of the molecule is COc1ccc(C(C)C(NC(=O)O)C(N)=O)cc1. The quantitative estimate of drug-likeness (QED) is 0.725. The highest BCUT2D eigenvalue weighted by atomic mass is 16.5. The van der Waals surface area contributed by atoms with Gasteiger partial charge in [-0.2, -0.15) is 0 Å². The fourth-order valence-electron chi connectivity index (χ4n) is 1.68. The summed E-state index contributed by atoms with van der Waals surface area (Å²) in [5.41, 5.74) is 5.99. The molecule has 0 heterocycles. The summed E-state index contributed by atoms with van der Waals surface area (Å²) in [6.07, 6.45) is -1.28. The summed E-state index contributed by atoms with van der Waals surface area (Å²) in [6, 6.07) is 6.05. The number of ether oxygens (including phenoxy) is 1. The van der Waals surface area contributed by atoms with E-state index in [9.17, 15) is 9.59 Å². The predicted molar refractivity (Wildman–Crippen MR) is 65.6 cm³/mol. The Morgan fingerprint density at radius 2 is 1.89 bits per heavy atom. The average Bonchev–Trinajstić information content (AvgIpc) is 2.34. The van der Waals surface area contributed by atoms with Crippen LogP contribution in [0, 0.1) is 0 Å². The molecule has 1 aromatic rings. The Balaban J connectivity index is 2.90. The number of hydrogen-bond acceptors (Lipinski definition) is 3. The number of primary amides is 1. The van der Waals surface area contributed by atoms with Crippen molar-refractivity contribution in [2.24, 2.45) is 5.73 Å². The molecule has 0 fully saturated rings. The Kier molecular flexibility index (Phi) is 4.53. The van der Waals surface area contributed by atoms with Gasteiger partial charge in [-0.3, -0.25) is 4.79 Å². The fraction of sp³-hybridized carbons (Fsp3) is 0.333. The lowest BCUT2D eigenvalue weighted by molar-refractivity contribution is -0.120. The first kappa shape index (κ1) is 13.8. The molecule has 0 aromatic heterocycles. The van der Waals surface area contributed by atoms with Gasteiger partial charge < -0.3 is 20.9 Å². The van der Waals surface area contributed by atoms with E-state index in [1.807, 2.05) is 0 Å². The van der Waals surface area contributed by atoms with Crippen LogP contribution in [0.3, 0.4) is 0 Å². The van der Waals surface area contributed by atoms with Gasteiger partial charge in [0.25, 0.3) is 0 Å². The number of methoxy groups -OCH3 is 1. The lowest BCUT2D eigenvalue weighted by Crippen LogP contribution is -2.47. The molecule has 0 bridgehead atoms. The van der Waals surface area contributed by atoms with Gasteiger partial charge in [0.05, 0.1) is 7.11 Å². The second kappa shape index (κ2) is 5.90. The Bertz CT molecular complexity index is 430. The number of benzene rings is 1. The van der Waals surface area contributed by atoms with Crippen molar-refractivity contribution >= 4 is 12.0 Å². The van der Waals surface area contributed by atoms with Crippen LogP contribution in [-0.2, 0) is 4.79 Å². The van der Waals surface area contributed by atoms with Crippen molar-refractivity contribution in [1.29, 1.82) is 0 Å². The van der Waals surface area contributed by atoms with Crippen molar-refractivity contribution < 1.29 is 19.4 Å². The molecule has 98 valence electrons. The van der Waals surface area contributed by atoms with Crippen LogP contribution in [0.4, 0.5) is 4.79 Å². The molecule has 2 amide bonds. The topological polar surface area (TPSA) is 102 Å². The number of carbonyl (C=O) groups excluding carboxylic acids is 1. The van der Waals surface area contributed by atoms with Gasteiger partial charge in [0.2, 0.25) is 5.91 Å². The smallest absolute Gasteiger partial charge is 0.405 e. The molecule has 0 aliphatic carbocycles. The zero-order chi connectivity index (χ0) is 13.7. The van der Waals surface area contributed by atoms with Gasteiger partial charge in [-0.15, -0.1) is 0 Å². The summed E-state index contributed by atoms with van der Waals surface area (Å²) in [7, 11) is 1.55. The van der Waals surface area contributed by atoms with Gasteiger partial charge in [0.1, 0.15) is 11.8 Å². The lowest BCUT2D eigenvalue weighted by Gasteiger charge is -2.21. The van der Waals surface area contributed by atoms with Crippen molar-refractivity contribution in [2.45, 2.75) is 18.9 Å². The molecule has 0 saturated heterocycles. The molecule has 0 aliphatic heterocycles. The monoisotopic (exact) mass is 252 g/mol. The molecule has 2 unspecified atom stereocenters. The number of nitrogens with one attached hydrogen (secondary N) is 1. The highest BCUT2D eigenvalue weighted by molar-refractivity contribution is 5.84. The summed E-state index contributed by atoms with van der Waals surface area (Å²) in [6.45, 7) is 1.73. The van der Waals surface area contributed by atoms with Gasteiger partial charge >= 0.3 is 6.09 Å². The third kappa shape index (κ3) is 3.38. The van der Waals surface area contributed by atoms with E-state index in [-0.39, 0.29) is 5.92 Å². The van der Waals surface area contributed by atoms with E-state index in [1.54, 1.807) is 38.3 Å². The van der Waals surface area contributed by atoms with Crippen LogP contribution < -0.4 is 15.8 Å². The predicted octanol–water partition coefficient (Wildman–Crippen LogP) is 0.920. The Hall–Kier alpha value is -2.24. The van der Waals surface area contributed by atoms with Crippen LogP contribution >= 0.6 is 0 Å². The van der Waals surface area contributed by atoms with E-state index in [1.165, 1.54) is 0 Å². The van der Waals surface area contributed by atoms with E-state index in [0.29, 0.717) is 5.75 Å². The number of amides is 2. The lowest BCUT2D eigenvalue weighted by atomic mass is 9.93. The molecule has 0 spiro atoms. The molecular weight excluding hydrogens is 236 g/mol. The fourth-order valence-corrected chi connectivity index (χ4v) is 1.68. The summed E-state index contributed by atoms with van der Waals surface area (Å²) in [4.78, 5) is 21.9. The second-order valence-corrected chi connectivity index (χ2v) is 3.89. The van der Waals surface area contributed by atoms with Gasteiger partial charge in [0.15, 0.2) is 0 Å². The Morgan fingerprint density at radius 3 is 2.28 bits per heavy atom. The molecule has 4 N–H and O–H groups in total. The Morgan fingerprint density at radius 1 is 1.33 bits per heavy atom. The van der Waals surface area contributed by atoms with Crippen molar-refractivity contribution in [1.82, 2.24) is 5.32 Å². The molecule has 1 aromatic carbocycles. The maximum Gasteiger partial charge on any atom is 0.405 e. The van der Waals surface area contributed by atoms with Gasteiger partial charge in [-0.1, -0.05) is 19.1 Å². The highest BCUT2D eigenvalue weighted by Crippen LogP contribution is 2.22. The molecule has 1 rings (SSSR count). The molecule has 6 heteroatoms. The number of rotatable bonds is 5. The zero-order valence-electron chi connectivity index (χ0n) is 10.2. The normalized spacial score (nSPS) is 13.4. The molecule has 0 aliphatic rings. The van der Waals surface area contributed by atoms with E-state index in [0.717, 1.165) is 5.56 Å². The molecule has 2 atom stereocenters. The number of nitrogens with two attached hydrogens (primary N) is 1. The summed E-state index contributed by atoms with van der Waals surface area (Å²) in [5.74, 6) is -0.377. The van der Waals surface area contributed by atoms with Crippen molar-refractivity contribution in [3.63, 3.8) is 0 Å². The van der Waals surface area contributed by atoms with Crippen LogP contribution in [0.25, 0.3) is 0 Å². The summed E-state index contributed by atoms with van der Waals surface area (Å²) < 4.78 is 5.02. The van der Waals surface area contributed by atoms with E-state index < -0.39 is 18.0 Å². The van der Waals surface area contributed by atoms with Crippen molar-refractivity contribution in [3.8, 4) is 5.75 Å². The van der Waals surface area contributed by atoms with Crippen LogP contribution in [0.2, 0.25) is 0 Å². The Labute approximate surface area is 105 Å². The molecule has 18 heavy (non-hydrogen) atoms. The maximum atomic E-state index is 11.2.